The molecule has 2 aliphatic heterocycles. The molecule has 5 heteroatoms. The molecule has 1 aromatic rings. The van der Waals surface area contributed by atoms with E-state index in [1.54, 1.807) is 4.90 Å². The lowest BCUT2D eigenvalue weighted by molar-refractivity contribution is -0.140. The quantitative estimate of drug-likeness (QED) is 0.865. The van der Waals surface area contributed by atoms with E-state index in [0.717, 1.165) is 25.7 Å². The summed E-state index contributed by atoms with van der Waals surface area (Å²) in [5.41, 5.74) is 2.46. The molecular formula is C22H32N2O3. The molecule has 1 atom stereocenters. The van der Waals surface area contributed by atoms with E-state index in [2.05, 4.69) is 36.5 Å². The first-order valence-corrected chi connectivity index (χ1v) is 10.2. The molecule has 1 N–H and O–H groups in total. The van der Waals surface area contributed by atoms with E-state index in [1.165, 1.54) is 11.1 Å². The van der Waals surface area contributed by atoms with E-state index in [-0.39, 0.29) is 29.2 Å². The Hall–Kier alpha value is -1.88. The van der Waals surface area contributed by atoms with Gasteiger partial charge in [0.05, 0.1) is 0 Å². The maximum absolute atomic E-state index is 12.9. The standard InChI is InChI=1S/C22H32N2O3/c1-16(2)21(26)24-12-6-9-19(24)20(25)23-15-22(10-13-27-14-11-22)18-8-5-4-7-17(18)3/h4-5,7-8,16,19H,6,9-15H2,1-3H3,(H,23,25). The Balaban J connectivity index is 1.73. The topological polar surface area (TPSA) is 58.6 Å². The van der Waals surface area contributed by atoms with Gasteiger partial charge in [-0.1, -0.05) is 38.1 Å². The molecule has 0 bridgehead atoms. The van der Waals surface area contributed by atoms with Gasteiger partial charge in [-0.2, -0.15) is 0 Å². The zero-order chi connectivity index (χ0) is 19.4. The van der Waals surface area contributed by atoms with Crippen LogP contribution in [0.1, 0.15) is 50.7 Å². The van der Waals surface area contributed by atoms with Crippen molar-refractivity contribution in [3.63, 3.8) is 0 Å². The number of carbonyl (C=O) groups is 2. The number of aryl methyl sites for hydroxylation is 1. The Morgan fingerprint density at radius 2 is 1.96 bits per heavy atom. The number of hydrogen-bond donors (Lipinski definition) is 1. The Morgan fingerprint density at radius 1 is 1.26 bits per heavy atom. The van der Waals surface area contributed by atoms with Crippen LogP contribution >= 0.6 is 0 Å². The number of benzene rings is 1. The van der Waals surface area contributed by atoms with Crippen LogP contribution in [0.4, 0.5) is 0 Å². The van der Waals surface area contributed by atoms with Crippen molar-refractivity contribution in [2.24, 2.45) is 5.92 Å². The van der Waals surface area contributed by atoms with Crippen molar-refractivity contribution >= 4 is 11.8 Å². The summed E-state index contributed by atoms with van der Waals surface area (Å²) in [6.07, 6.45) is 3.45. The molecule has 2 saturated heterocycles. The number of carbonyl (C=O) groups excluding carboxylic acids is 2. The van der Waals surface area contributed by atoms with E-state index in [9.17, 15) is 9.59 Å². The van der Waals surface area contributed by atoms with Crippen molar-refractivity contribution in [3.8, 4) is 0 Å². The zero-order valence-corrected chi connectivity index (χ0v) is 16.8. The van der Waals surface area contributed by atoms with E-state index < -0.39 is 0 Å². The monoisotopic (exact) mass is 372 g/mol. The maximum atomic E-state index is 12.9. The van der Waals surface area contributed by atoms with Crippen LogP contribution in [0.2, 0.25) is 0 Å². The summed E-state index contributed by atoms with van der Waals surface area (Å²) in [7, 11) is 0. The van der Waals surface area contributed by atoms with Gasteiger partial charge in [-0.05, 0) is 43.7 Å². The largest absolute Gasteiger partial charge is 0.381 e. The summed E-state index contributed by atoms with van der Waals surface area (Å²) in [6, 6.07) is 8.11. The molecule has 0 aliphatic carbocycles. The van der Waals surface area contributed by atoms with Gasteiger partial charge in [-0.25, -0.2) is 0 Å². The summed E-state index contributed by atoms with van der Waals surface area (Å²) < 4.78 is 5.60. The van der Waals surface area contributed by atoms with Crippen LogP contribution < -0.4 is 5.32 Å². The lowest BCUT2D eigenvalue weighted by atomic mass is 9.72. The van der Waals surface area contributed by atoms with Crippen LogP contribution in [-0.2, 0) is 19.7 Å². The average molecular weight is 373 g/mol. The van der Waals surface area contributed by atoms with Crippen molar-refractivity contribution in [1.29, 1.82) is 0 Å². The fourth-order valence-corrected chi connectivity index (χ4v) is 4.48. The molecular weight excluding hydrogens is 340 g/mol. The van der Waals surface area contributed by atoms with Gasteiger partial charge < -0.3 is 15.0 Å². The number of ether oxygens (including phenoxy) is 1. The summed E-state index contributed by atoms with van der Waals surface area (Å²) in [5, 5.41) is 3.20. The minimum atomic E-state index is -0.325. The van der Waals surface area contributed by atoms with Crippen LogP contribution in [0.25, 0.3) is 0 Å². The minimum Gasteiger partial charge on any atom is -0.381 e. The van der Waals surface area contributed by atoms with Crippen molar-refractivity contribution in [3.05, 3.63) is 35.4 Å². The van der Waals surface area contributed by atoms with Crippen molar-refractivity contribution < 1.29 is 14.3 Å². The average Bonchev–Trinajstić information content (AvgIpc) is 3.16. The molecule has 2 aliphatic rings. The van der Waals surface area contributed by atoms with Crippen LogP contribution in [0.5, 0.6) is 0 Å². The van der Waals surface area contributed by atoms with Crippen LogP contribution in [0, 0.1) is 12.8 Å². The molecule has 3 rings (SSSR count). The molecule has 5 nitrogen and oxygen atoms in total. The molecule has 27 heavy (non-hydrogen) atoms. The maximum Gasteiger partial charge on any atom is 0.242 e. The minimum absolute atomic E-state index is 0.0130. The zero-order valence-electron chi connectivity index (χ0n) is 16.8. The molecule has 0 radical (unpaired) electrons. The lowest BCUT2D eigenvalue weighted by Crippen LogP contribution is -2.51. The summed E-state index contributed by atoms with van der Waals surface area (Å²) in [4.78, 5) is 27.1. The normalized spacial score (nSPS) is 22.1. The second kappa shape index (κ2) is 8.42. The van der Waals surface area contributed by atoms with Crippen molar-refractivity contribution in [2.45, 2.75) is 57.9 Å². The van der Waals surface area contributed by atoms with Gasteiger partial charge in [0.2, 0.25) is 11.8 Å². The molecule has 2 amide bonds. The number of likely N-dealkylation sites (tertiary alicyclic amines) is 1. The van der Waals surface area contributed by atoms with E-state index in [1.807, 2.05) is 13.8 Å². The van der Waals surface area contributed by atoms with Crippen LogP contribution in [0.15, 0.2) is 24.3 Å². The van der Waals surface area contributed by atoms with Crippen molar-refractivity contribution in [1.82, 2.24) is 10.2 Å². The lowest BCUT2D eigenvalue weighted by Gasteiger charge is -2.39. The molecule has 148 valence electrons. The second-order valence-corrected chi connectivity index (χ2v) is 8.27. The third-order valence-corrected chi connectivity index (χ3v) is 6.10. The molecule has 1 aromatic carbocycles. The number of nitrogens with zero attached hydrogens (tertiary/aromatic N) is 1. The van der Waals surface area contributed by atoms with E-state index >= 15 is 0 Å². The predicted molar refractivity (Wildman–Crippen MR) is 105 cm³/mol. The van der Waals surface area contributed by atoms with Gasteiger partial charge in [0, 0.05) is 37.6 Å². The van der Waals surface area contributed by atoms with Crippen LogP contribution in [0.3, 0.4) is 0 Å². The molecule has 2 heterocycles. The number of nitrogens with one attached hydrogen (secondary N) is 1. The van der Waals surface area contributed by atoms with Gasteiger partial charge >= 0.3 is 0 Å². The molecule has 0 saturated carbocycles. The van der Waals surface area contributed by atoms with Crippen LogP contribution in [-0.4, -0.2) is 49.1 Å². The Labute approximate surface area is 162 Å². The van der Waals surface area contributed by atoms with Gasteiger partial charge in [0.1, 0.15) is 6.04 Å². The molecule has 1 unspecified atom stereocenters. The van der Waals surface area contributed by atoms with E-state index in [4.69, 9.17) is 4.74 Å². The first-order chi connectivity index (χ1) is 12.9. The molecule has 2 fully saturated rings. The van der Waals surface area contributed by atoms with Crippen molar-refractivity contribution in [2.75, 3.05) is 26.3 Å². The summed E-state index contributed by atoms with van der Waals surface area (Å²) in [5.74, 6) is -0.0134. The third kappa shape index (κ3) is 4.18. The Morgan fingerprint density at radius 3 is 2.63 bits per heavy atom. The Kier molecular flexibility index (Phi) is 6.20. The van der Waals surface area contributed by atoms with Gasteiger partial charge in [-0.15, -0.1) is 0 Å². The summed E-state index contributed by atoms with van der Waals surface area (Å²) in [6.45, 7) is 8.63. The molecule has 0 aromatic heterocycles. The number of amides is 2. The highest BCUT2D eigenvalue weighted by molar-refractivity contribution is 5.89. The van der Waals surface area contributed by atoms with Gasteiger partial charge in [0.15, 0.2) is 0 Å². The number of rotatable bonds is 5. The second-order valence-electron chi connectivity index (χ2n) is 8.27. The Bertz CT molecular complexity index is 680. The van der Waals surface area contributed by atoms with Gasteiger partial charge in [0.25, 0.3) is 0 Å². The summed E-state index contributed by atoms with van der Waals surface area (Å²) >= 11 is 0. The third-order valence-electron chi connectivity index (χ3n) is 6.10. The highest BCUT2D eigenvalue weighted by Crippen LogP contribution is 2.36. The molecule has 0 spiro atoms. The first-order valence-electron chi connectivity index (χ1n) is 10.2. The fourth-order valence-electron chi connectivity index (χ4n) is 4.48. The predicted octanol–water partition coefficient (Wildman–Crippen LogP) is 2.81. The fraction of sp³-hybridized carbons (Fsp3) is 0.636. The smallest absolute Gasteiger partial charge is 0.242 e. The number of hydrogen-bond acceptors (Lipinski definition) is 3. The first kappa shape index (κ1) is 19.9. The van der Waals surface area contributed by atoms with E-state index in [0.29, 0.717) is 26.3 Å². The van der Waals surface area contributed by atoms with Gasteiger partial charge in [-0.3, -0.25) is 9.59 Å². The SMILES string of the molecule is Cc1ccccc1C1(CNC(=O)C2CCCN2C(=O)C(C)C)CCOCC1. The highest BCUT2D eigenvalue weighted by atomic mass is 16.5. The highest BCUT2D eigenvalue weighted by Gasteiger charge is 2.39.